The molecule has 4 heteroatoms. The molecule has 0 saturated carbocycles. The van der Waals surface area contributed by atoms with Gasteiger partial charge in [-0.05, 0) is 25.8 Å². The lowest BCUT2D eigenvalue weighted by Gasteiger charge is -2.33. The van der Waals surface area contributed by atoms with E-state index >= 15 is 0 Å². The first-order chi connectivity index (χ1) is 9.66. The summed E-state index contributed by atoms with van der Waals surface area (Å²) in [5, 5.41) is 4.53. The first-order valence-electron chi connectivity index (χ1n) is 7.28. The highest BCUT2D eigenvalue weighted by molar-refractivity contribution is 5.53. The van der Waals surface area contributed by atoms with Gasteiger partial charge in [-0.1, -0.05) is 30.3 Å². The molecule has 2 aromatic rings. The average Bonchev–Trinajstić information content (AvgIpc) is 2.89. The lowest BCUT2D eigenvalue weighted by Crippen LogP contribution is -2.34. The zero-order chi connectivity index (χ0) is 14.1. The fourth-order valence-electron chi connectivity index (χ4n) is 2.90. The minimum atomic E-state index is 0.0990. The van der Waals surface area contributed by atoms with E-state index < -0.39 is 0 Å². The SMILES string of the molecule is CC(C)n1ncc2c1C(N)CCN2Cc1ccccc1. The van der Waals surface area contributed by atoms with E-state index in [2.05, 4.69) is 58.9 Å². The molecule has 0 fully saturated rings. The van der Waals surface area contributed by atoms with Crippen LogP contribution in [0.4, 0.5) is 5.69 Å². The molecule has 0 amide bonds. The van der Waals surface area contributed by atoms with Crippen molar-refractivity contribution in [2.45, 2.75) is 38.9 Å². The van der Waals surface area contributed by atoms with Crippen LogP contribution in [0, 0.1) is 0 Å². The molecule has 106 valence electrons. The molecule has 1 aromatic heterocycles. The summed E-state index contributed by atoms with van der Waals surface area (Å²) in [6, 6.07) is 11.0. The highest BCUT2D eigenvalue weighted by atomic mass is 15.3. The molecular weight excluding hydrogens is 248 g/mol. The van der Waals surface area contributed by atoms with Crippen LogP contribution >= 0.6 is 0 Å². The van der Waals surface area contributed by atoms with Gasteiger partial charge >= 0.3 is 0 Å². The molecule has 0 bridgehead atoms. The van der Waals surface area contributed by atoms with E-state index in [0.29, 0.717) is 6.04 Å². The van der Waals surface area contributed by atoms with Gasteiger partial charge in [0.05, 0.1) is 23.6 Å². The Hall–Kier alpha value is -1.81. The predicted octanol–water partition coefficient (Wildman–Crippen LogP) is 2.87. The third-order valence-corrected chi connectivity index (χ3v) is 3.92. The van der Waals surface area contributed by atoms with Crippen molar-refractivity contribution in [1.29, 1.82) is 0 Å². The molecule has 0 saturated heterocycles. The molecule has 0 spiro atoms. The zero-order valence-electron chi connectivity index (χ0n) is 12.2. The Labute approximate surface area is 120 Å². The first-order valence-corrected chi connectivity index (χ1v) is 7.28. The highest BCUT2D eigenvalue weighted by Gasteiger charge is 2.27. The van der Waals surface area contributed by atoms with Crippen molar-refractivity contribution < 1.29 is 0 Å². The summed E-state index contributed by atoms with van der Waals surface area (Å²) in [6.07, 6.45) is 2.95. The van der Waals surface area contributed by atoms with E-state index in [1.54, 1.807) is 0 Å². The van der Waals surface area contributed by atoms with E-state index in [0.717, 1.165) is 19.5 Å². The van der Waals surface area contributed by atoms with Crippen LogP contribution in [0.1, 0.15) is 43.6 Å². The molecule has 1 atom stereocenters. The number of anilines is 1. The highest BCUT2D eigenvalue weighted by Crippen LogP contribution is 2.34. The van der Waals surface area contributed by atoms with E-state index in [4.69, 9.17) is 5.73 Å². The molecule has 1 unspecified atom stereocenters. The van der Waals surface area contributed by atoms with Crippen molar-refractivity contribution in [2.24, 2.45) is 5.73 Å². The number of nitrogens with two attached hydrogens (primary N) is 1. The Morgan fingerprint density at radius 3 is 2.75 bits per heavy atom. The Morgan fingerprint density at radius 2 is 2.05 bits per heavy atom. The van der Waals surface area contributed by atoms with Crippen LogP contribution in [-0.4, -0.2) is 16.3 Å². The first kappa shape index (κ1) is 13.2. The van der Waals surface area contributed by atoms with Crippen LogP contribution in [0.15, 0.2) is 36.5 Å². The van der Waals surface area contributed by atoms with Crippen molar-refractivity contribution in [2.75, 3.05) is 11.4 Å². The minimum Gasteiger partial charge on any atom is -0.364 e. The quantitative estimate of drug-likeness (QED) is 0.933. The van der Waals surface area contributed by atoms with Gasteiger partial charge in [0.2, 0.25) is 0 Å². The van der Waals surface area contributed by atoms with Crippen molar-refractivity contribution in [3.05, 3.63) is 47.8 Å². The van der Waals surface area contributed by atoms with E-state index in [1.807, 2.05) is 6.20 Å². The van der Waals surface area contributed by atoms with Crippen molar-refractivity contribution in [3.63, 3.8) is 0 Å². The van der Waals surface area contributed by atoms with E-state index in [-0.39, 0.29) is 6.04 Å². The van der Waals surface area contributed by atoms with Crippen molar-refractivity contribution >= 4 is 5.69 Å². The number of nitrogens with zero attached hydrogens (tertiary/aromatic N) is 3. The molecule has 2 N–H and O–H groups in total. The zero-order valence-corrected chi connectivity index (χ0v) is 12.2. The fourth-order valence-corrected chi connectivity index (χ4v) is 2.90. The maximum Gasteiger partial charge on any atom is 0.0804 e. The maximum atomic E-state index is 6.30. The van der Waals surface area contributed by atoms with Crippen LogP contribution in [-0.2, 0) is 6.54 Å². The van der Waals surface area contributed by atoms with E-state index in [9.17, 15) is 0 Å². The second-order valence-electron chi connectivity index (χ2n) is 5.76. The summed E-state index contributed by atoms with van der Waals surface area (Å²) >= 11 is 0. The number of hydrogen-bond acceptors (Lipinski definition) is 3. The molecule has 1 aliphatic rings. The van der Waals surface area contributed by atoms with Gasteiger partial charge < -0.3 is 10.6 Å². The molecule has 3 rings (SSSR count). The molecule has 4 nitrogen and oxygen atoms in total. The molecule has 20 heavy (non-hydrogen) atoms. The molecule has 0 aliphatic carbocycles. The third-order valence-electron chi connectivity index (χ3n) is 3.92. The third kappa shape index (κ3) is 2.31. The van der Waals surface area contributed by atoms with Crippen LogP contribution in [0.5, 0.6) is 0 Å². The second-order valence-corrected chi connectivity index (χ2v) is 5.76. The summed E-state index contributed by atoms with van der Waals surface area (Å²) < 4.78 is 2.07. The Kier molecular flexibility index (Phi) is 3.49. The molecule has 0 radical (unpaired) electrons. The lowest BCUT2D eigenvalue weighted by molar-refractivity contribution is 0.466. The average molecular weight is 270 g/mol. The lowest BCUT2D eigenvalue weighted by atomic mass is 10.0. The predicted molar refractivity (Wildman–Crippen MR) is 81.6 cm³/mol. The smallest absolute Gasteiger partial charge is 0.0804 e. The molecule has 2 heterocycles. The summed E-state index contributed by atoms with van der Waals surface area (Å²) in [4.78, 5) is 2.39. The number of hydrogen-bond donors (Lipinski definition) is 1. The van der Waals surface area contributed by atoms with Crippen LogP contribution in [0.25, 0.3) is 0 Å². The monoisotopic (exact) mass is 270 g/mol. The Morgan fingerprint density at radius 1 is 1.30 bits per heavy atom. The van der Waals surface area contributed by atoms with Gasteiger partial charge in [0.25, 0.3) is 0 Å². The minimum absolute atomic E-state index is 0.0990. The molecular formula is C16H22N4. The van der Waals surface area contributed by atoms with Crippen molar-refractivity contribution in [1.82, 2.24) is 9.78 Å². The number of aromatic nitrogens is 2. The van der Waals surface area contributed by atoms with Gasteiger partial charge in [-0.2, -0.15) is 5.10 Å². The summed E-state index contributed by atoms with van der Waals surface area (Å²) in [7, 11) is 0. The maximum absolute atomic E-state index is 6.30. The number of benzene rings is 1. The largest absolute Gasteiger partial charge is 0.364 e. The van der Waals surface area contributed by atoms with Crippen LogP contribution in [0.3, 0.4) is 0 Å². The summed E-state index contributed by atoms with van der Waals surface area (Å²) in [5.74, 6) is 0. The number of fused-ring (bicyclic) bond motifs is 1. The molecule has 1 aliphatic heterocycles. The summed E-state index contributed by atoms with van der Waals surface area (Å²) in [6.45, 7) is 6.21. The Balaban J connectivity index is 1.91. The van der Waals surface area contributed by atoms with Gasteiger partial charge in [-0.25, -0.2) is 0 Å². The van der Waals surface area contributed by atoms with Gasteiger partial charge in [0, 0.05) is 19.1 Å². The molecule has 1 aromatic carbocycles. The second kappa shape index (κ2) is 5.29. The van der Waals surface area contributed by atoms with Crippen LogP contribution < -0.4 is 10.6 Å². The van der Waals surface area contributed by atoms with E-state index in [1.165, 1.54) is 16.9 Å². The van der Waals surface area contributed by atoms with Gasteiger partial charge in [0.1, 0.15) is 0 Å². The van der Waals surface area contributed by atoms with Gasteiger partial charge in [-0.15, -0.1) is 0 Å². The fraction of sp³-hybridized carbons (Fsp3) is 0.438. The topological polar surface area (TPSA) is 47.1 Å². The Bertz CT molecular complexity index is 573. The standard InChI is InChI=1S/C16H22N4/c1-12(2)20-16-14(17)8-9-19(15(16)10-18-20)11-13-6-4-3-5-7-13/h3-7,10,12,14H,8-9,11,17H2,1-2H3. The summed E-state index contributed by atoms with van der Waals surface area (Å²) in [5.41, 5.74) is 10.0. The number of rotatable bonds is 3. The van der Waals surface area contributed by atoms with Crippen molar-refractivity contribution in [3.8, 4) is 0 Å². The normalized spacial score (nSPS) is 18.4. The van der Waals surface area contributed by atoms with Crippen LogP contribution in [0.2, 0.25) is 0 Å². The van der Waals surface area contributed by atoms with Gasteiger partial charge in [0.15, 0.2) is 0 Å². The van der Waals surface area contributed by atoms with Gasteiger partial charge in [-0.3, -0.25) is 4.68 Å².